The molecule has 1 heterocycles. The van der Waals surface area contributed by atoms with Crippen LogP contribution in [0, 0.1) is 5.38 Å². The van der Waals surface area contributed by atoms with Gasteiger partial charge in [0.15, 0.2) is 0 Å². The molecule has 0 bridgehead atoms. The standard InChI is InChI=1S/C9H16NSSi.Li/c1-9(2,3)12(4,5)8-10-6-7-11-8;/h6H,1-5H3;/q-1;+1. The molecule has 0 atom stereocenters. The summed E-state index contributed by atoms with van der Waals surface area (Å²) < 4.78 is 1.31. The van der Waals surface area contributed by atoms with Crippen molar-refractivity contribution in [3.8, 4) is 0 Å². The first-order chi connectivity index (χ1) is 5.36. The van der Waals surface area contributed by atoms with E-state index in [-0.39, 0.29) is 18.9 Å². The summed E-state index contributed by atoms with van der Waals surface area (Å²) in [5, 5.41) is 3.46. The maximum Gasteiger partial charge on any atom is 1.00 e. The van der Waals surface area contributed by atoms with Crippen LogP contribution in [0.2, 0.25) is 18.1 Å². The van der Waals surface area contributed by atoms with Crippen molar-refractivity contribution in [2.24, 2.45) is 0 Å². The molecule has 0 saturated carbocycles. The molecular weight excluding hydrogens is 189 g/mol. The fourth-order valence-corrected chi connectivity index (χ4v) is 4.27. The van der Waals surface area contributed by atoms with E-state index in [0.29, 0.717) is 5.04 Å². The third-order valence-electron chi connectivity index (χ3n) is 2.80. The monoisotopic (exact) mass is 205 g/mol. The van der Waals surface area contributed by atoms with Gasteiger partial charge in [-0.3, -0.25) is 0 Å². The Morgan fingerprint density at radius 2 is 1.92 bits per heavy atom. The molecule has 1 rings (SSSR count). The molecule has 0 N–H and O–H groups in total. The second kappa shape index (κ2) is 4.31. The predicted molar refractivity (Wildman–Crippen MR) is 57.8 cm³/mol. The molecule has 4 heteroatoms. The molecule has 0 aliphatic heterocycles. The van der Waals surface area contributed by atoms with Crippen LogP contribution in [0.1, 0.15) is 20.8 Å². The normalized spacial score (nSPS) is 12.4. The molecule has 0 amide bonds. The molecule has 0 unspecified atom stereocenters. The van der Waals surface area contributed by atoms with Gasteiger partial charge in [0.1, 0.15) is 0 Å². The van der Waals surface area contributed by atoms with Crippen molar-refractivity contribution in [1.29, 1.82) is 0 Å². The summed E-state index contributed by atoms with van der Waals surface area (Å²) in [6, 6.07) is 0. The average Bonchev–Trinajstić information content (AvgIpc) is 2.34. The van der Waals surface area contributed by atoms with Crippen LogP contribution in [-0.4, -0.2) is 13.1 Å². The van der Waals surface area contributed by atoms with Gasteiger partial charge in [0.2, 0.25) is 0 Å². The Labute approximate surface area is 98.2 Å². The van der Waals surface area contributed by atoms with Crippen LogP contribution in [-0.2, 0) is 0 Å². The van der Waals surface area contributed by atoms with Crippen molar-refractivity contribution < 1.29 is 18.9 Å². The largest absolute Gasteiger partial charge is 1.00 e. The van der Waals surface area contributed by atoms with Crippen molar-refractivity contribution in [3.63, 3.8) is 0 Å². The topological polar surface area (TPSA) is 12.9 Å². The molecule has 0 aliphatic carbocycles. The third kappa shape index (κ3) is 2.69. The van der Waals surface area contributed by atoms with E-state index in [1.54, 1.807) is 17.5 Å². The van der Waals surface area contributed by atoms with Crippen LogP contribution in [0.15, 0.2) is 6.20 Å². The molecule has 1 nitrogen and oxygen atoms in total. The van der Waals surface area contributed by atoms with Gasteiger partial charge >= 0.3 is 18.9 Å². The van der Waals surface area contributed by atoms with Gasteiger partial charge in [-0.1, -0.05) is 49.7 Å². The van der Waals surface area contributed by atoms with Gasteiger partial charge in [0.05, 0.1) is 0 Å². The Kier molecular flexibility index (Phi) is 4.46. The Morgan fingerprint density at radius 1 is 1.38 bits per heavy atom. The summed E-state index contributed by atoms with van der Waals surface area (Å²) in [5.74, 6) is 0. The quantitative estimate of drug-likeness (QED) is 0.452. The smallest absolute Gasteiger partial charge is 0.367 e. The van der Waals surface area contributed by atoms with Crippen molar-refractivity contribution in [2.45, 2.75) is 38.9 Å². The summed E-state index contributed by atoms with van der Waals surface area (Å²) >= 11 is 1.68. The SMILES string of the molecule is CC(C)(C)[Si](C)(C)c1nc[c-]s1.[Li+]. The average molecular weight is 205 g/mol. The molecule has 68 valence electrons. The molecule has 0 saturated heterocycles. The summed E-state index contributed by atoms with van der Waals surface area (Å²) in [7, 11) is -1.35. The van der Waals surface area contributed by atoms with Gasteiger partial charge in [-0.25, -0.2) is 0 Å². The van der Waals surface area contributed by atoms with E-state index in [1.165, 1.54) is 4.63 Å². The second-order valence-electron chi connectivity index (χ2n) is 4.66. The van der Waals surface area contributed by atoms with Gasteiger partial charge in [-0.15, -0.1) is 0 Å². The Bertz CT molecular complexity index is 251. The van der Waals surface area contributed by atoms with Gasteiger partial charge in [-0.05, 0) is 0 Å². The molecule has 0 aromatic carbocycles. The van der Waals surface area contributed by atoms with E-state index >= 15 is 0 Å². The van der Waals surface area contributed by atoms with Gasteiger partial charge in [0.25, 0.3) is 0 Å². The van der Waals surface area contributed by atoms with Crippen LogP contribution in [0.3, 0.4) is 0 Å². The van der Waals surface area contributed by atoms with Crippen LogP contribution >= 0.6 is 11.3 Å². The van der Waals surface area contributed by atoms with Crippen LogP contribution in [0.5, 0.6) is 0 Å². The maximum absolute atomic E-state index is 4.38. The number of hydrogen-bond donors (Lipinski definition) is 0. The minimum absolute atomic E-state index is 0. The second-order valence-corrected chi connectivity index (χ2v) is 11.1. The first-order valence-corrected chi connectivity index (χ1v) is 8.00. The Hall–Kier alpha value is 0.444. The van der Waals surface area contributed by atoms with Crippen molar-refractivity contribution in [2.75, 3.05) is 0 Å². The zero-order chi connectivity index (χ0) is 9.41. The van der Waals surface area contributed by atoms with E-state index in [0.717, 1.165) is 0 Å². The number of thiazole rings is 1. The first kappa shape index (κ1) is 13.4. The number of rotatable bonds is 1. The molecule has 0 fully saturated rings. The minimum Gasteiger partial charge on any atom is -0.367 e. The minimum atomic E-state index is -1.35. The van der Waals surface area contributed by atoms with E-state index in [2.05, 4.69) is 44.2 Å². The van der Waals surface area contributed by atoms with Gasteiger partial charge in [0, 0.05) is 8.07 Å². The van der Waals surface area contributed by atoms with Crippen LogP contribution in [0.25, 0.3) is 0 Å². The maximum atomic E-state index is 4.38. The van der Waals surface area contributed by atoms with Crippen molar-refractivity contribution >= 4 is 24.0 Å². The molecule has 1 aromatic heterocycles. The summed E-state index contributed by atoms with van der Waals surface area (Å²) in [5.41, 5.74) is 0. The summed E-state index contributed by atoms with van der Waals surface area (Å²) in [4.78, 5) is 4.38. The molecule has 0 aliphatic rings. The fourth-order valence-electron chi connectivity index (χ4n) is 0.803. The van der Waals surface area contributed by atoms with Crippen molar-refractivity contribution in [3.05, 3.63) is 11.6 Å². The molecule has 1 aromatic rings. The van der Waals surface area contributed by atoms with Gasteiger partial charge < -0.3 is 16.3 Å². The fraction of sp³-hybridized carbons (Fsp3) is 0.667. The summed E-state index contributed by atoms with van der Waals surface area (Å²) in [6.07, 6.45) is 1.79. The van der Waals surface area contributed by atoms with E-state index in [1.807, 2.05) is 0 Å². The zero-order valence-corrected chi connectivity index (χ0v) is 11.2. The van der Waals surface area contributed by atoms with E-state index < -0.39 is 8.07 Å². The van der Waals surface area contributed by atoms with Crippen molar-refractivity contribution in [1.82, 2.24) is 4.98 Å². The first-order valence-electron chi connectivity index (χ1n) is 4.18. The number of hydrogen-bond acceptors (Lipinski definition) is 2. The number of aromatic nitrogens is 1. The van der Waals surface area contributed by atoms with Crippen LogP contribution in [0.4, 0.5) is 0 Å². The third-order valence-corrected chi connectivity index (χ3v) is 10.1. The predicted octanol–water partition coefficient (Wildman–Crippen LogP) is -0.337. The molecule has 0 radical (unpaired) electrons. The van der Waals surface area contributed by atoms with Crippen LogP contribution < -0.4 is 23.5 Å². The molecule has 0 spiro atoms. The number of nitrogens with zero attached hydrogens (tertiary/aromatic N) is 1. The van der Waals surface area contributed by atoms with Gasteiger partial charge in [-0.2, -0.15) is 5.38 Å². The summed E-state index contributed by atoms with van der Waals surface area (Å²) in [6.45, 7) is 11.7. The Balaban J connectivity index is 0.00000144. The Morgan fingerprint density at radius 3 is 2.23 bits per heavy atom. The zero-order valence-electron chi connectivity index (χ0n) is 9.43. The molecular formula is C9H16LiNSSi. The van der Waals surface area contributed by atoms with E-state index in [9.17, 15) is 0 Å². The van der Waals surface area contributed by atoms with E-state index in [4.69, 9.17) is 0 Å². The molecule has 13 heavy (non-hydrogen) atoms.